The second-order valence-corrected chi connectivity index (χ2v) is 8.02. The number of carbonyl (C=O) groups excluding carboxylic acids is 1. The Labute approximate surface area is 151 Å². The summed E-state index contributed by atoms with van der Waals surface area (Å²) < 4.78 is 11.8. The van der Waals surface area contributed by atoms with Gasteiger partial charge in [-0.1, -0.05) is 39.0 Å². The quantitative estimate of drug-likeness (QED) is 0.829. The van der Waals surface area contributed by atoms with Crippen molar-refractivity contribution in [2.75, 3.05) is 13.2 Å². The normalized spacial score (nSPS) is 21.8. The van der Waals surface area contributed by atoms with Crippen molar-refractivity contribution in [2.45, 2.75) is 65.7 Å². The molecule has 0 aromatic heterocycles. The Morgan fingerprint density at radius 2 is 1.96 bits per heavy atom. The zero-order chi connectivity index (χ0) is 18.6. The van der Waals surface area contributed by atoms with Crippen LogP contribution in [0.3, 0.4) is 0 Å². The SMILES string of the molecule is Cc1cccc(C)c1OCC(NC(=O)[C@@H]1CC[C@H](CN)O1)C(C)(C)C. The summed E-state index contributed by atoms with van der Waals surface area (Å²) in [4.78, 5) is 12.6. The smallest absolute Gasteiger partial charge is 0.249 e. The number of aryl methyl sites for hydroxylation is 2. The van der Waals surface area contributed by atoms with Crippen LogP contribution in [-0.2, 0) is 9.53 Å². The molecule has 0 spiro atoms. The van der Waals surface area contributed by atoms with Crippen molar-refractivity contribution in [3.05, 3.63) is 29.3 Å². The number of rotatable bonds is 6. The van der Waals surface area contributed by atoms with E-state index in [9.17, 15) is 4.79 Å². The maximum atomic E-state index is 12.6. The van der Waals surface area contributed by atoms with E-state index in [2.05, 4.69) is 26.1 Å². The number of benzene rings is 1. The summed E-state index contributed by atoms with van der Waals surface area (Å²) in [7, 11) is 0. The van der Waals surface area contributed by atoms with Crippen molar-refractivity contribution in [2.24, 2.45) is 11.1 Å². The Balaban J connectivity index is 2.01. The van der Waals surface area contributed by atoms with Gasteiger partial charge in [0.1, 0.15) is 18.5 Å². The molecule has 1 aliphatic heterocycles. The highest BCUT2D eigenvalue weighted by Crippen LogP contribution is 2.26. The molecule has 1 heterocycles. The van der Waals surface area contributed by atoms with E-state index < -0.39 is 6.10 Å². The van der Waals surface area contributed by atoms with E-state index >= 15 is 0 Å². The van der Waals surface area contributed by atoms with Crippen LogP contribution in [0.4, 0.5) is 0 Å². The van der Waals surface area contributed by atoms with E-state index in [4.69, 9.17) is 15.2 Å². The van der Waals surface area contributed by atoms with Crippen molar-refractivity contribution in [3.63, 3.8) is 0 Å². The van der Waals surface area contributed by atoms with Gasteiger partial charge in [-0.3, -0.25) is 4.79 Å². The molecule has 1 unspecified atom stereocenters. The summed E-state index contributed by atoms with van der Waals surface area (Å²) in [5, 5.41) is 3.12. The van der Waals surface area contributed by atoms with Crippen LogP contribution in [0.5, 0.6) is 5.75 Å². The first kappa shape index (κ1) is 19.7. The third-order valence-electron chi connectivity index (χ3n) is 4.83. The molecule has 0 saturated carbocycles. The number of nitrogens with two attached hydrogens (primary N) is 1. The minimum absolute atomic E-state index is 0.00490. The van der Waals surface area contributed by atoms with Gasteiger partial charge in [-0.15, -0.1) is 0 Å². The summed E-state index contributed by atoms with van der Waals surface area (Å²) in [6.45, 7) is 11.3. The van der Waals surface area contributed by atoms with E-state index in [1.54, 1.807) is 0 Å². The summed E-state index contributed by atoms with van der Waals surface area (Å²) in [5.74, 6) is 0.826. The summed E-state index contributed by atoms with van der Waals surface area (Å²) in [5.41, 5.74) is 7.71. The Morgan fingerprint density at radius 1 is 1.32 bits per heavy atom. The topological polar surface area (TPSA) is 73.6 Å². The van der Waals surface area contributed by atoms with Crippen LogP contribution in [0, 0.1) is 19.3 Å². The van der Waals surface area contributed by atoms with Gasteiger partial charge in [0.2, 0.25) is 5.91 Å². The van der Waals surface area contributed by atoms with Gasteiger partial charge >= 0.3 is 0 Å². The maximum absolute atomic E-state index is 12.6. The van der Waals surface area contributed by atoms with Gasteiger partial charge in [-0.2, -0.15) is 0 Å². The van der Waals surface area contributed by atoms with Crippen LogP contribution in [0.1, 0.15) is 44.7 Å². The molecule has 0 aliphatic carbocycles. The van der Waals surface area contributed by atoms with Gasteiger partial charge < -0.3 is 20.5 Å². The molecule has 25 heavy (non-hydrogen) atoms. The first-order valence-corrected chi connectivity index (χ1v) is 9.07. The lowest BCUT2D eigenvalue weighted by atomic mass is 9.87. The van der Waals surface area contributed by atoms with Crippen LogP contribution in [0.2, 0.25) is 0 Å². The fraction of sp³-hybridized carbons (Fsp3) is 0.650. The van der Waals surface area contributed by atoms with E-state index in [1.807, 2.05) is 32.0 Å². The zero-order valence-electron chi connectivity index (χ0n) is 16.1. The monoisotopic (exact) mass is 348 g/mol. The van der Waals surface area contributed by atoms with Gasteiger partial charge in [-0.05, 0) is 43.2 Å². The molecule has 5 nitrogen and oxygen atoms in total. The predicted molar refractivity (Wildman–Crippen MR) is 99.7 cm³/mol. The van der Waals surface area contributed by atoms with Gasteiger partial charge in [-0.25, -0.2) is 0 Å². The first-order valence-electron chi connectivity index (χ1n) is 9.07. The van der Waals surface area contributed by atoms with Crippen LogP contribution in [-0.4, -0.2) is 37.3 Å². The average molecular weight is 348 g/mol. The standard InChI is InChI=1S/C20H32N2O3/c1-13-7-6-8-14(2)18(13)24-12-17(20(3,4)5)22-19(23)16-10-9-15(11-21)25-16/h6-8,15-17H,9-12,21H2,1-5H3,(H,22,23)/t15-,16+,17?/m1/s1. The lowest BCUT2D eigenvalue weighted by Gasteiger charge is -2.32. The highest BCUT2D eigenvalue weighted by Gasteiger charge is 2.34. The van der Waals surface area contributed by atoms with Crippen molar-refractivity contribution < 1.29 is 14.3 Å². The van der Waals surface area contributed by atoms with E-state index in [0.29, 0.717) is 13.2 Å². The van der Waals surface area contributed by atoms with E-state index in [-0.39, 0.29) is 23.5 Å². The molecule has 1 aromatic carbocycles. The number of hydrogen-bond donors (Lipinski definition) is 2. The van der Waals surface area contributed by atoms with Gasteiger partial charge in [0, 0.05) is 6.54 Å². The second-order valence-electron chi connectivity index (χ2n) is 8.02. The van der Waals surface area contributed by atoms with Crippen molar-refractivity contribution >= 4 is 5.91 Å². The van der Waals surface area contributed by atoms with E-state index in [0.717, 1.165) is 29.7 Å². The van der Waals surface area contributed by atoms with Crippen LogP contribution >= 0.6 is 0 Å². The number of para-hydroxylation sites is 1. The molecule has 1 amide bonds. The largest absolute Gasteiger partial charge is 0.491 e. The van der Waals surface area contributed by atoms with Crippen molar-refractivity contribution in [1.82, 2.24) is 5.32 Å². The van der Waals surface area contributed by atoms with Gasteiger partial charge in [0.25, 0.3) is 0 Å². The molecule has 0 bridgehead atoms. The average Bonchev–Trinajstić information content (AvgIpc) is 3.01. The molecular weight excluding hydrogens is 316 g/mol. The van der Waals surface area contributed by atoms with Crippen LogP contribution in [0.25, 0.3) is 0 Å². The maximum Gasteiger partial charge on any atom is 0.249 e. The lowest BCUT2D eigenvalue weighted by Crippen LogP contribution is -2.50. The minimum Gasteiger partial charge on any atom is -0.491 e. The number of hydrogen-bond acceptors (Lipinski definition) is 4. The second kappa shape index (κ2) is 8.19. The van der Waals surface area contributed by atoms with Gasteiger partial charge in [0.05, 0.1) is 12.1 Å². The number of nitrogens with one attached hydrogen (secondary N) is 1. The van der Waals surface area contributed by atoms with Crippen LogP contribution in [0.15, 0.2) is 18.2 Å². The highest BCUT2D eigenvalue weighted by molar-refractivity contribution is 5.81. The first-order chi connectivity index (χ1) is 11.7. The fourth-order valence-electron chi connectivity index (χ4n) is 3.04. The molecule has 1 saturated heterocycles. The van der Waals surface area contributed by atoms with E-state index in [1.165, 1.54) is 0 Å². The Hall–Kier alpha value is -1.59. The molecule has 1 aliphatic rings. The minimum atomic E-state index is -0.404. The van der Waals surface area contributed by atoms with Gasteiger partial charge in [0.15, 0.2) is 0 Å². The molecule has 2 rings (SSSR count). The summed E-state index contributed by atoms with van der Waals surface area (Å²) in [6.07, 6.45) is 1.16. The molecule has 140 valence electrons. The predicted octanol–water partition coefficient (Wildman–Crippen LogP) is 2.72. The molecule has 1 aromatic rings. The molecular formula is C20H32N2O3. The van der Waals surface area contributed by atoms with Crippen molar-refractivity contribution in [3.8, 4) is 5.75 Å². The Morgan fingerprint density at radius 3 is 2.48 bits per heavy atom. The highest BCUT2D eigenvalue weighted by atomic mass is 16.5. The molecule has 3 N–H and O–H groups in total. The summed E-state index contributed by atoms with van der Waals surface area (Å²) in [6, 6.07) is 5.98. The Kier molecular flexibility index (Phi) is 6.47. The lowest BCUT2D eigenvalue weighted by molar-refractivity contribution is -0.133. The third kappa shape index (κ3) is 5.19. The molecule has 1 fully saturated rings. The molecule has 0 radical (unpaired) electrons. The molecule has 5 heteroatoms. The Bertz CT molecular complexity index is 575. The number of ether oxygens (including phenoxy) is 2. The van der Waals surface area contributed by atoms with Crippen LogP contribution < -0.4 is 15.8 Å². The number of amides is 1. The third-order valence-corrected chi connectivity index (χ3v) is 4.83. The number of carbonyl (C=O) groups is 1. The fourth-order valence-corrected chi connectivity index (χ4v) is 3.04. The molecule has 3 atom stereocenters. The zero-order valence-corrected chi connectivity index (χ0v) is 16.1. The van der Waals surface area contributed by atoms with Crippen molar-refractivity contribution in [1.29, 1.82) is 0 Å². The summed E-state index contributed by atoms with van der Waals surface area (Å²) >= 11 is 0.